The highest BCUT2D eigenvalue weighted by Gasteiger charge is 2.34. The van der Waals surface area contributed by atoms with Crippen molar-refractivity contribution < 1.29 is 9.53 Å². The summed E-state index contributed by atoms with van der Waals surface area (Å²) in [5, 5.41) is 12.8. The monoisotopic (exact) mass is 538 g/mol. The maximum atomic E-state index is 11.6. The van der Waals surface area contributed by atoms with Gasteiger partial charge < -0.3 is 25.6 Å². The standard InChI is InChI=1S/C28H30N10O2/c1-5-25(39)34-18-11-19(12-18)38(4)28-31-14-23-26(36-28)27(33-15-32-23)35-17-6-9-24(16(2)10-17)40-20-7-8-21(30-3)22(13-20)37-29/h5-10,13-15,18-19,29-30H,1,11-12H2,2-4H3,(H,34,39)(H,32,33,35). The quantitative estimate of drug-likeness (QED) is 0.157. The Morgan fingerprint density at radius 1 is 1.20 bits per heavy atom. The highest BCUT2D eigenvalue weighted by molar-refractivity contribution is 5.88. The van der Waals surface area contributed by atoms with Crippen molar-refractivity contribution in [2.24, 2.45) is 5.11 Å². The fourth-order valence-corrected chi connectivity index (χ4v) is 4.54. The van der Waals surface area contributed by atoms with Crippen LogP contribution in [0.2, 0.25) is 0 Å². The first-order valence-corrected chi connectivity index (χ1v) is 12.8. The van der Waals surface area contributed by atoms with Gasteiger partial charge in [0.25, 0.3) is 0 Å². The molecule has 0 spiro atoms. The minimum absolute atomic E-state index is 0.122. The van der Waals surface area contributed by atoms with Crippen LogP contribution in [0.25, 0.3) is 11.0 Å². The first-order chi connectivity index (χ1) is 19.4. The van der Waals surface area contributed by atoms with Gasteiger partial charge in [0.05, 0.1) is 11.9 Å². The number of carbonyl (C=O) groups is 1. The zero-order valence-electron chi connectivity index (χ0n) is 22.5. The number of aryl methyl sites for hydroxylation is 1. The predicted molar refractivity (Wildman–Crippen MR) is 154 cm³/mol. The molecule has 2 aromatic carbocycles. The summed E-state index contributed by atoms with van der Waals surface area (Å²) in [6.07, 6.45) is 6.07. The molecule has 12 nitrogen and oxygen atoms in total. The third-order valence-corrected chi connectivity index (χ3v) is 6.90. The summed E-state index contributed by atoms with van der Waals surface area (Å²) in [5.74, 6) is 2.23. The number of hydrogen-bond acceptors (Lipinski definition) is 11. The average molecular weight is 539 g/mol. The van der Waals surface area contributed by atoms with Crippen LogP contribution in [0.5, 0.6) is 11.5 Å². The largest absolute Gasteiger partial charge is 0.457 e. The van der Waals surface area contributed by atoms with E-state index < -0.39 is 0 Å². The average Bonchev–Trinajstić information content (AvgIpc) is 2.95. The minimum Gasteiger partial charge on any atom is -0.457 e. The molecule has 1 aliphatic carbocycles. The summed E-state index contributed by atoms with van der Waals surface area (Å²) >= 11 is 0. The van der Waals surface area contributed by atoms with Gasteiger partial charge in [0.2, 0.25) is 11.9 Å². The van der Waals surface area contributed by atoms with Gasteiger partial charge in [-0.2, -0.15) is 5.11 Å². The molecular weight excluding hydrogens is 508 g/mol. The van der Waals surface area contributed by atoms with Gasteiger partial charge in [-0.1, -0.05) is 6.58 Å². The highest BCUT2D eigenvalue weighted by atomic mass is 16.5. The van der Waals surface area contributed by atoms with E-state index in [-0.39, 0.29) is 18.0 Å². The molecule has 0 saturated heterocycles. The van der Waals surface area contributed by atoms with Crippen molar-refractivity contribution in [1.82, 2.24) is 25.3 Å². The van der Waals surface area contributed by atoms with E-state index in [0.717, 1.165) is 29.8 Å². The molecule has 4 aromatic rings. The number of aromatic nitrogens is 4. The Morgan fingerprint density at radius 3 is 2.75 bits per heavy atom. The lowest BCUT2D eigenvalue weighted by molar-refractivity contribution is -0.117. The molecule has 204 valence electrons. The molecule has 0 bridgehead atoms. The predicted octanol–water partition coefficient (Wildman–Crippen LogP) is 5.24. The van der Waals surface area contributed by atoms with E-state index >= 15 is 0 Å². The SMILES string of the molecule is C=CC(=O)NC1CC(N(C)c2ncc3ncnc(Nc4ccc(Oc5ccc(NC)c(N=N)c5)c(C)c4)c3n2)C1. The third-order valence-electron chi connectivity index (χ3n) is 6.90. The van der Waals surface area contributed by atoms with Crippen LogP contribution in [-0.2, 0) is 4.79 Å². The van der Waals surface area contributed by atoms with Crippen LogP contribution < -0.4 is 25.6 Å². The van der Waals surface area contributed by atoms with Gasteiger partial charge in [-0.3, -0.25) is 4.79 Å². The highest BCUT2D eigenvalue weighted by Crippen LogP contribution is 2.34. The summed E-state index contributed by atoms with van der Waals surface area (Å²) in [6, 6.07) is 11.4. The fraction of sp³-hybridized carbons (Fsp3) is 0.250. The van der Waals surface area contributed by atoms with Crippen molar-refractivity contribution in [1.29, 1.82) is 5.53 Å². The Morgan fingerprint density at radius 2 is 2.02 bits per heavy atom. The summed E-state index contributed by atoms with van der Waals surface area (Å²) < 4.78 is 6.06. The van der Waals surface area contributed by atoms with E-state index in [9.17, 15) is 4.79 Å². The molecule has 1 aliphatic rings. The molecule has 0 unspecified atom stereocenters. The zero-order valence-corrected chi connectivity index (χ0v) is 22.5. The first-order valence-electron chi connectivity index (χ1n) is 12.8. The number of hydrogen-bond donors (Lipinski definition) is 4. The van der Waals surface area contributed by atoms with E-state index in [1.807, 2.05) is 49.2 Å². The van der Waals surface area contributed by atoms with Crippen molar-refractivity contribution in [3.05, 3.63) is 67.1 Å². The van der Waals surface area contributed by atoms with E-state index in [4.69, 9.17) is 15.3 Å². The molecule has 2 aromatic heterocycles. The molecule has 5 rings (SSSR count). The van der Waals surface area contributed by atoms with E-state index in [0.29, 0.717) is 40.0 Å². The van der Waals surface area contributed by atoms with Crippen LogP contribution in [-0.4, -0.2) is 52.0 Å². The van der Waals surface area contributed by atoms with Crippen molar-refractivity contribution >= 4 is 45.8 Å². The molecule has 4 N–H and O–H groups in total. The Hall–Kier alpha value is -5.13. The molecule has 2 heterocycles. The van der Waals surface area contributed by atoms with Crippen LogP contribution in [0.4, 0.5) is 28.8 Å². The second kappa shape index (κ2) is 11.3. The van der Waals surface area contributed by atoms with Gasteiger partial charge in [-0.05, 0) is 61.7 Å². The lowest BCUT2D eigenvalue weighted by Crippen LogP contribution is -2.53. The molecule has 0 radical (unpaired) electrons. The van der Waals surface area contributed by atoms with Gasteiger partial charge >= 0.3 is 0 Å². The lowest BCUT2D eigenvalue weighted by atomic mass is 9.86. The van der Waals surface area contributed by atoms with E-state index in [1.165, 1.54) is 12.4 Å². The van der Waals surface area contributed by atoms with E-state index in [2.05, 4.69) is 42.6 Å². The fourth-order valence-electron chi connectivity index (χ4n) is 4.54. The lowest BCUT2D eigenvalue weighted by Gasteiger charge is -2.41. The van der Waals surface area contributed by atoms with Gasteiger partial charge in [0, 0.05) is 37.9 Å². The third kappa shape index (κ3) is 5.51. The number of rotatable bonds is 10. The van der Waals surface area contributed by atoms with Crippen LogP contribution in [0.3, 0.4) is 0 Å². The molecular formula is C28H30N10O2. The number of anilines is 4. The second-order valence-electron chi connectivity index (χ2n) is 9.52. The molecule has 0 atom stereocenters. The van der Waals surface area contributed by atoms with Gasteiger partial charge in [-0.15, -0.1) is 0 Å². The number of nitrogens with one attached hydrogen (secondary N) is 4. The smallest absolute Gasteiger partial charge is 0.243 e. The zero-order chi connectivity index (χ0) is 28.2. The number of ether oxygens (including phenoxy) is 1. The Balaban J connectivity index is 1.32. The Bertz CT molecular complexity index is 1590. The summed E-state index contributed by atoms with van der Waals surface area (Å²) in [4.78, 5) is 31.6. The van der Waals surface area contributed by atoms with Crippen LogP contribution in [0.15, 0.2) is 66.7 Å². The number of carbonyl (C=O) groups excluding carboxylic acids is 1. The first kappa shape index (κ1) is 26.5. The van der Waals surface area contributed by atoms with Crippen molar-refractivity contribution in [3.63, 3.8) is 0 Å². The topological polar surface area (TPSA) is 153 Å². The van der Waals surface area contributed by atoms with Gasteiger partial charge in [0.15, 0.2) is 5.82 Å². The number of amides is 1. The molecule has 0 aliphatic heterocycles. The summed E-state index contributed by atoms with van der Waals surface area (Å²) in [7, 11) is 3.73. The minimum atomic E-state index is -0.159. The maximum absolute atomic E-state index is 11.6. The normalized spacial score (nSPS) is 16.0. The van der Waals surface area contributed by atoms with Gasteiger partial charge in [-0.25, -0.2) is 25.5 Å². The van der Waals surface area contributed by atoms with E-state index in [1.54, 1.807) is 19.3 Å². The molecule has 1 saturated carbocycles. The summed E-state index contributed by atoms with van der Waals surface area (Å²) in [6.45, 7) is 5.45. The Labute approximate surface area is 231 Å². The van der Waals surface area contributed by atoms with Crippen molar-refractivity contribution in [2.75, 3.05) is 29.6 Å². The number of fused-ring (bicyclic) bond motifs is 1. The van der Waals surface area contributed by atoms with Gasteiger partial charge in [0.1, 0.15) is 34.5 Å². The molecule has 40 heavy (non-hydrogen) atoms. The molecule has 1 fully saturated rings. The molecule has 1 amide bonds. The van der Waals surface area contributed by atoms with Crippen LogP contribution in [0, 0.1) is 12.5 Å². The van der Waals surface area contributed by atoms with Crippen LogP contribution in [0.1, 0.15) is 18.4 Å². The number of nitrogens with zero attached hydrogens (tertiary/aromatic N) is 6. The number of benzene rings is 2. The summed E-state index contributed by atoms with van der Waals surface area (Å²) in [5.41, 5.74) is 11.6. The maximum Gasteiger partial charge on any atom is 0.243 e. The molecule has 12 heteroatoms. The van der Waals surface area contributed by atoms with Crippen LogP contribution >= 0.6 is 0 Å². The second-order valence-corrected chi connectivity index (χ2v) is 9.52. The van der Waals surface area contributed by atoms with Crippen molar-refractivity contribution in [2.45, 2.75) is 31.8 Å². The van der Waals surface area contributed by atoms with Crippen molar-refractivity contribution in [3.8, 4) is 11.5 Å². The Kier molecular flexibility index (Phi) is 7.49.